The number of rotatable bonds is 7. The first kappa shape index (κ1) is 29.4. The minimum atomic E-state index is -0.498. The number of fused-ring (bicyclic) bond motifs is 1. The van der Waals surface area contributed by atoms with Crippen LogP contribution in [0.2, 0.25) is 0 Å². The molecule has 10 nitrogen and oxygen atoms in total. The van der Waals surface area contributed by atoms with E-state index >= 15 is 0 Å². The van der Waals surface area contributed by atoms with Crippen LogP contribution in [0.15, 0.2) is 47.3 Å². The molecule has 0 atom stereocenters. The van der Waals surface area contributed by atoms with Crippen LogP contribution in [0.4, 0.5) is 16.3 Å². The normalized spacial score (nSPS) is 14.8. The van der Waals surface area contributed by atoms with Crippen LogP contribution in [0.25, 0.3) is 33.7 Å². The van der Waals surface area contributed by atoms with E-state index in [9.17, 15) is 4.79 Å². The summed E-state index contributed by atoms with van der Waals surface area (Å²) in [5.41, 5.74) is 4.52. The summed E-state index contributed by atoms with van der Waals surface area (Å²) in [6.45, 7) is 16.3. The zero-order chi connectivity index (χ0) is 30.1. The molecular formula is C32H43N7O3. The molecule has 0 saturated carbocycles. The lowest BCUT2D eigenvalue weighted by atomic mass is 10.0. The van der Waals surface area contributed by atoms with Crippen LogP contribution in [-0.2, 0) is 4.74 Å². The Kier molecular flexibility index (Phi) is 8.17. The summed E-state index contributed by atoms with van der Waals surface area (Å²) in [4.78, 5) is 23.9. The Bertz CT molecular complexity index is 1540. The largest absolute Gasteiger partial charge is 0.444 e. The first-order valence-electron chi connectivity index (χ1n) is 14.8. The fraction of sp³-hybridized carbons (Fsp3) is 0.500. The second-order valence-corrected chi connectivity index (χ2v) is 13.0. The fourth-order valence-corrected chi connectivity index (χ4v) is 4.99. The molecule has 5 rings (SSSR count). The zero-order valence-electron chi connectivity index (χ0n) is 25.8. The number of nitrogens with one attached hydrogen (secondary N) is 2. The summed E-state index contributed by atoms with van der Waals surface area (Å²) in [5.74, 6) is 1.23. The molecule has 10 heteroatoms. The molecular weight excluding hydrogens is 530 g/mol. The number of benzene rings is 1. The molecule has 1 amide bonds. The Morgan fingerprint density at radius 3 is 2.52 bits per heavy atom. The maximum absolute atomic E-state index is 12.5. The van der Waals surface area contributed by atoms with Gasteiger partial charge in [0.15, 0.2) is 5.58 Å². The van der Waals surface area contributed by atoms with Crippen molar-refractivity contribution in [2.24, 2.45) is 0 Å². The molecule has 1 aromatic carbocycles. The summed E-state index contributed by atoms with van der Waals surface area (Å²) < 4.78 is 13.8. The highest BCUT2D eigenvalue weighted by molar-refractivity contribution is 5.83. The van der Waals surface area contributed by atoms with E-state index in [0.717, 1.165) is 59.3 Å². The summed E-state index contributed by atoms with van der Waals surface area (Å²) in [7, 11) is 0. The number of amides is 1. The van der Waals surface area contributed by atoms with Gasteiger partial charge in [0.1, 0.15) is 16.9 Å². The Balaban J connectivity index is 1.38. The summed E-state index contributed by atoms with van der Waals surface area (Å²) >= 11 is 0. The lowest BCUT2D eigenvalue weighted by molar-refractivity contribution is 0.0185. The van der Waals surface area contributed by atoms with Gasteiger partial charge in [0.25, 0.3) is 0 Å². The maximum Gasteiger partial charge on any atom is 0.410 e. The lowest BCUT2D eigenvalue weighted by Crippen LogP contribution is -2.42. The summed E-state index contributed by atoms with van der Waals surface area (Å²) in [5, 5.41) is 11.6. The van der Waals surface area contributed by atoms with Crippen LogP contribution >= 0.6 is 0 Å². The van der Waals surface area contributed by atoms with Crippen molar-refractivity contribution < 1.29 is 13.9 Å². The van der Waals surface area contributed by atoms with E-state index in [4.69, 9.17) is 24.2 Å². The molecule has 1 fully saturated rings. The molecule has 2 N–H and O–H groups in total. The van der Waals surface area contributed by atoms with E-state index < -0.39 is 5.60 Å². The highest BCUT2D eigenvalue weighted by atomic mass is 16.6. The van der Waals surface area contributed by atoms with E-state index in [1.807, 2.05) is 56.0 Å². The predicted molar refractivity (Wildman–Crippen MR) is 167 cm³/mol. The average molecular weight is 574 g/mol. The van der Waals surface area contributed by atoms with Crippen molar-refractivity contribution in [3.63, 3.8) is 0 Å². The number of carbonyl (C=O) groups excluding carboxylic acids is 1. The SMILES string of the molecule is CCCNc1ccc2oc(-c3cc(-c4cnn(C5CCN(C(=O)OC(C)(C)C)CC5)c4)cnc3NC(C)(C)C)nc2c1. The number of carbonyl (C=O) groups is 1. The molecule has 1 aliphatic heterocycles. The second-order valence-electron chi connectivity index (χ2n) is 13.0. The highest BCUT2D eigenvalue weighted by Crippen LogP contribution is 2.35. The van der Waals surface area contributed by atoms with Gasteiger partial charge >= 0.3 is 6.09 Å². The lowest BCUT2D eigenvalue weighted by Gasteiger charge is -2.33. The van der Waals surface area contributed by atoms with E-state index in [0.29, 0.717) is 24.8 Å². The number of anilines is 2. The van der Waals surface area contributed by atoms with E-state index in [1.54, 1.807) is 4.90 Å². The molecule has 0 aliphatic carbocycles. The van der Waals surface area contributed by atoms with Crippen LogP contribution in [0.5, 0.6) is 0 Å². The average Bonchev–Trinajstić information content (AvgIpc) is 3.58. The molecule has 4 aromatic rings. The van der Waals surface area contributed by atoms with Crippen LogP contribution in [0.3, 0.4) is 0 Å². The minimum Gasteiger partial charge on any atom is -0.444 e. The molecule has 0 spiro atoms. The van der Waals surface area contributed by atoms with Gasteiger partial charge in [0.05, 0.1) is 17.8 Å². The van der Waals surface area contributed by atoms with Crippen LogP contribution in [-0.4, -0.2) is 61.5 Å². The van der Waals surface area contributed by atoms with Crippen LogP contribution in [0, 0.1) is 0 Å². The van der Waals surface area contributed by atoms with Crippen molar-refractivity contribution in [2.45, 2.75) is 84.9 Å². The number of ether oxygens (including phenoxy) is 1. The van der Waals surface area contributed by atoms with E-state index in [1.165, 1.54) is 0 Å². The molecule has 224 valence electrons. The van der Waals surface area contributed by atoms with Gasteiger partial charge in [-0.1, -0.05) is 6.92 Å². The Labute approximate surface area is 247 Å². The van der Waals surface area contributed by atoms with Crippen molar-refractivity contribution >= 4 is 28.7 Å². The molecule has 0 unspecified atom stereocenters. The third-order valence-electron chi connectivity index (χ3n) is 7.00. The number of piperidine rings is 1. The number of oxazole rings is 1. The van der Waals surface area contributed by atoms with Gasteiger partial charge in [0, 0.05) is 54.4 Å². The summed E-state index contributed by atoms with van der Waals surface area (Å²) in [6.07, 6.45) is 8.21. The second kappa shape index (κ2) is 11.7. The minimum absolute atomic E-state index is 0.203. The van der Waals surface area contributed by atoms with Gasteiger partial charge in [-0.2, -0.15) is 5.10 Å². The third-order valence-corrected chi connectivity index (χ3v) is 7.00. The molecule has 0 radical (unpaired) electrons. The van der Waals surface area contributed by atoms with Gasteiger partial charge in [0.2, 0.25) is 5.89 Å². The van der Waals surface area contributed by atoms with Crippen molar-refractivity contribution in [2.75, 3.05) is 30.3 Å². The van der Waals surface area contributed by atoms with Crippen molar-refractivity contribution in [3.8, 4) is 22.6 Å². The summed E-state index contributed by atoms with van der Waals surface area (Å²) in [6, 6.07) is 8.26. The van der Waals surface area contributed by atoms with Gasteiger partial charge in [-0.3, -0.25) is 4.68 Å². The smallest absolute Gasteiger partial charge is 0.410 e. The predicted octanol–water partition coefficient (Wildman–Crippen LogP) is 7.36. The monoisotopic (exact) mass is 573 g/mol. The number of pyridine rings is 1. The topological polar surface area (TPSA) is 110 Å². The molecule has 0 bridgehead atoms. The number of hydrogen-bond donors (Lipinski definition) is 2. The van der Waals surface area contributed by atoms with E-state index in [-0.39, 0.29) is 17.7 Å². The number of likely N-dealkylation sites (tertiary alicyclic amines) is 1. The Hall–Kier alpha value is -4.08. The standard InChI is InChI=1S/C32H43N7O3/c1-8-13-33-23-9-10-27-26(17-23)36-29(41-27)25-16-21(18-34-28(25)37-31(2,3)4)22-19-35-39(20-22)24-11-14-38(15-12-24)30(40)42-32(5,6)7/h9-10,16-20,24,33H,8,11-15H2,1-7H3,(H,34,37). The molecule has 42 heavy (non-hydrogen) atoms. The Morgan fingerprint density at radius 1 is 1.07 bits per heavy atom. The van der Waals surface area contributed by atoms with E-state index in [2.05, 4.69) is 50.6 Å². The van der Waals surface area contributed by atoms with Gasteiger partial charge in [-0.15, -0.1) is 0 Å². The van der Waals surface area contributed by atoms with Crippen molar-refractivity contribution in [1.82, 2.24) is 24.6 Å². The van der Waals surface area contributed by atoms with Gasteiger partial charge in [-0.25, -0.2) is 14.8 Å². The molecule has 4 heterocycles. The van der Waals surface area contributed by atoms with Crippen molar-refractivity contribution in [1.29, 1.82) is 0 Å². The van der Waals surface area contributed by atoms with Crippen molar-refractivity contribution in [3.05, 3.63) is 42.9 Å². The third kappa shape index (κ3) is 7.03. The van der Waals surface area contributed by atoms with Crippen LogP contribution in [0.1, 0.15) is 73.8 Å². The Morgan fingerprint density at radius 2 is 1.83 bits per heavy atom. The highest BCUT2D eigenvalue weighted by Gasteiger charge is 2.28. The molecule has 1 aliphatic rings. The fourth-order valence-electron chi connectivity index (χ4n) is 4.99. The first-order chi connectivity index (χ1) is 19.9. The number of aromatic nitrogens is 4. The van der Waals surface area contributed by atoms with Crippen LogP contribution < -0.4 is 10.6 Å². The maximum atomic E-state index is 12.5. The van der Waals surface area contributed by atoms with Gasteiger partial charge in [-0.05, 0) is 85.1 Å². The molecule has 1 saturated heterocycles. The quantitative estimate of drug-likeness (QED) is 0.236. The number of hydrogen-bond acceptors (Lipinski definition) is 8. The first-order valence-corrected chi connectivity index (χ1v) is 14.8. The van der Waals surface area contributed by atoms with Gasteiger partial charge < -0.3 is 24.7 Å². The zero-order valence-corrected chi connectivity index (χ0v) is 25.8. The molecule has 3 aromatic heterocycles. The number of nitrogens with zero attached hydrogens (tertiary/aromatic N) is 5.